The molecule has 4 aliphatic rings. The highest BCUT2D eigenvalue weighted by Crippen LogP contribution is 2.32. The molecule has 9 aromatic rings. The van der Waals surface area contributed by atoms with Gasteiger partial charge < -0.3 is 33.2 Å². The van der Waals surface area contributed by atoms with E-state index >= 15 is 0 Å². The first-order valence-electron chi connectivity index (χ1n) is 24.7. The maximum Gasteiger partial charge on any atom is 0.123 e. The summed E-state index contributed by atoms with van der Waals surface area (Å²) < 4.78 is 45.5. The van der Waals surface area contributed by atoms with Gasteiger partial charge in [-0.25, -0.2) is 0 Å². The first kappa shape index (κ1) is 47.3. The van der Waals surface area contributed by atoms with Crippen LogP contribution in [0.25, 0.3) is 0 Å². The lowest BCUT2D eigenvalue weighted by Crippen LogP contribution is -2.05. The van der Waals surface area contributed by atoms with Gasteiger partial charge in [-0.1, -0.05) is 158 Å². The normalized spacial score (nSPS) is 11.8. The summed E-state index contributed by atoms with van der Waals surface area (Å²) in [6.45, 7) is 2.52. The molecule has 4 aliphatic carbocycles. The van der Waals surface area contributed by atoms with E-state index < -0.39 is 0 Å². The summed E-state index contributed by atoms with van der Waals surface area (Å²) in [5.41, 5.74) is 12.1. The lowest BCUT2D eigenvalue weighted by atomic mass is 9.96. The van der Waals surface area contributed by atoms with Crippen molar-refractivity contribution in [3.8, 4) is 40.2 Å². The summed E-state index contributed by atoms with van der Waals surface area (Å²) in [6.07, 6.45) is 3.73. The highest BCUT2D eigenvalue weighted by molar-refractivity contribution is 5.44. The highest BCUT2D eigenvalue weighted by atomic mass is 16.5. The molecule has 0 N–H and O–H groups in total. The molecule has 0 aromatic heterocycles. The van der Waals surface area contributed by atoms with Crippen LogP contribution in [0.15, 0.2) is 218 Å². The van der Waals surface area contributed by atoms with E-state index in [-0.39, 0.29) is 13.2 Å². The average Bonchev–Trinajstić information content (AvgIpc) is 3.43. The van der Waals surface area contributed by atoms with Gasteiger partial charge in [0.2, 0.25) is 0 Å². The van der Waals surface area contributed by atoms with Gasteiger partial charge in [0.25, 0.3) is 0 Å². The minimum Gasteiger partial charge on any atom is -0.489 e. The second-order valence-electron chi connectivity index (χ2n) is 18.2. The predicted molar refractivity (Wildman–Crippen MR) is 283 cm³/mol. The van der Waals surface area contributed by atoms with Crippen molar-refractivity contribution in [2.75, 3.05) is 0 Å². The molecule has 360 valence electrons. The second-order valence-corrected chi connectivity index (χ2v) is 18.2. The van der Waals surface area contributed by atoms with Crippen molar-refractivity contribution in [3.05, 3.63) is 280 Å². The van der Waals surface area contributed by atoms with E-state index in [4.69, 9.17) is 33.2 Å². The molecule has 13 rings (SSSR count). The Bertz CT molecular complexity index is 2840. The third-order valence-electron chi connectivity index (χ3n) is 12.6. The lowest BCUT2D eigenvalue weighted by Gasteiger charge is -2.17. The number of hydrogen-bond acceptors (Lipinski definition) is 7. The summed E-state index contributed by atoms with van der Waals surface area (Å²) in [6, 6.07) is 74.2. The minimum absolute atomic E-state index is 0.254. The molecular weight excluding hydrogens is 893 g/mol. The fraction of sp³-hybridized carbons (Fsp3) is 0.169. The Balaban J connectivity index is 0.910. The molecule has 0 radical (unpaired) electrons. The molecule has 9 aromatic carbocycles. The summed E-state index contributed by atoms with van der Waals surface area (Å²) in [7, 11) is 0. The van der Waals surface area contributed by atoms with Gasteiger partial charge in [-0.2, -0.15) is 0 Å². The van der Waals surface area contributed by atoms with Gasteiger partial charge in [-0.15, -0.1) is 0 Å². The molecule has 7 nitrogen and oxygen atoms in total. The van der Waals surface area contributed by atoms with Crippen LogP contribution in [0.2, 0.25) is 0 Å². The largest absolute Gasteiger partial charge is 0.489 e. The topological polar surface area (TPSA) is 64.6 Å². The molecule has 0 fully saturated rings. The van der Waals surface area contributed by atoms with Crippen molar-refractivity contribution in [2.24, 2.45) is 0 Å². The van der Waals surface area contributed by atoms with Crippen LogP contribution in [-0.2, 0) is 71.9 Å². The Kier molecular flexibility index (Phi) is 15.7. The van der Waals surface area contributed by atoms with E-state index in [1.807, 2.05) is 127 Å². The van der Waals surface area contributed by atoms with E-state index in [1.165, 1.54) is 22.3 Å². The minimum atomic E-state index is 0.254. The van der Waals surface area contributed by atoms with Crippen LogP contribution < -0.4 is 33.2 Å². The molecule has 0 unspecified atom stereocenters. The third-order valence-corrected chi connectivity index (χ3v) is 12.6. The number of ether oxygens (including phenoxy) is 7. The van der Waals surface area contributed by atoms with Crippen LogP contribution in [-0.4, -0.2) is 0 Å². The zero-order chi connectivity index (χ0) is 48.6. The molecule has 72 heavy (non-hydrogen) atoms. The smallest absolute Gasteiger partial charge is 0.123 e. The number of aryl methyl sites for hydroxylation is 4. The molecule has 7 heteroatoms. The maximum atomic E-state index is 6.76. The van der Waals surface area contributed by atoms with E-state index in [9.17, 15) is 0 Å². The molecule has 0 spiro atoms. The van der Waals surface area contributed by atoms with Crippen LogP contribution in [0.3, 0.4) is 0 Å². The predicted octanol–water partition coefficient (Wildman–Crippen LogP) is 14.6. The van der Waals surface area contributed by atoms with Gasteiger partial charge in [-0.05, 0) is 129 Å². The Morgan fingerprint density at radius 1 is 0.222 bits per heavy atom. The lowest BCUT2D eigenvalue weighted by molar-refractivity contribution is 0.272. The Morgan fingerprint density at radius 2 is 0.500 bits per heavy atom. The Hall–Kier alpha value is -8.42. The van der Waals surface area contributed by atoms with Crippen molar-refractivity contribution in [2.45, 2.75) is 71.9 Å². The van der Waals surface area contributed by atoms with Gasteiger partial charge in [0.15, 0.2) is 0 Å². The molecule has 0 heterocycles. The van der Waals surface area contributed by atoms with Crippen LogP contribution >= 0.6 is 0 Å². The van der Waals surface area contributed by atoms with Crippen LogP contribution in [0.4, 0.5) is 0 Å². The third kappa shape index (κ3) is 13.9. The van der Waals surface area contributed by atoms with Crippen molar-refractivity contribution < 1.29 is 33.2 Å². The maximum absolute atomic E-state index is 6.76. The van der Waals surface area contributed by atoms with E-state index in [0.717, 1.165) is 70.4 Å². The van der Waals surface area contributed by atoms with E-state index in [2.05, 4.69) is 91.0 Å². The molecule has 0 saturated heterocycles. The van der Waals surface area contributed by atoms with Crippen LogP contribution in [0.1, 0.15) is 61.2 Å². The van der Waals surface area contributed by atoms with Crippen molar-refractivity contribution in [3.63, 3.8) is 0 Å². The summed E-state index contributed by atoms with van der Waals surface area (Å²) >= 11 is 0. The molecule has 0 amide bonds. The van der Waals surface area contributed by atoms with Crippen molar-refractivity contribution in [1.29, 1.82) is 0 Å². The van der Waals surface area contributed by atoms with Gasteiger partial charge in [0.05, 0.1) is 0 Å². The standard InChI is InChI=1S/C65H58O7/c1-5-13-51(14-6-1)41-66-59-31-55(32-60(38-59)67-42-52-15-7-2-8-16-52)45-70-63-35-57(47-72-65-37-50-26-25-48-21-23-49(24-22-48)27-29-58(65)30-28-50)36-64(40-63)71-46-56-33-61(68-43-53-17-9-3-10-18-53)39-62(34-56)69-44-54-19-11-4-12-20-54/h1-24,28,30-40H,25-27,29,41-47H2. The number of rotatable bonds is 21. The zero-order valence-corrected chi connectivity index (χ0v) is 40.4. The Labute approximate surface area is 423 Å². The van der Waals surface area contributed by atoms with E-state index in [1.54, 1.807) is 0 Å². The van der Waals surface area contributed by atoms with Gasteiger partial charge in [-0.3, -0.25) is 0 Å². The number of hydrogen-bond donors (Lipinski definition) is 0. The fourth-order valence-electron chi connectivity index (χ4n) is 8.64. The number of benzene rings is 9. The quantitative estimate of drug-likeness (QED) is 0.0711. The molecule has 0 saturated carbocycles. The van der Waals surface area contributed by atoms with Gasteiger partial charge in [0.1, 0.15) is 86.5 Å². The van der Waals surface area contributed by atoms with Crippen LogP contribution in [0, 0.1) is 0 Å². The monoisotopic (exact) mass is 950 g/mol. The summed E-state index contributed by atoms with van der Waals surface area (Å²) in [5.74, 6) is 4.95. The first-order chi connectivity index (χ1) is 35.6. The summed E-state index contributed by atoms with van der Waals surface area (Å²) in [4.78, 5) is 0. The highest BCUT2D eigenvalue weighted by Gasteiger charge is 2.14. The second kappa shape index (κ2) is 23.9. The van der Waals surface area contributed by atoms with Gasteiger partial charge in [0, 0.05) is 18.2 Å². The zero-order valence-electron chi connectivity index (χ0n) is 40.4. The van der Waals surface area contributed by atoms with Crippen LogP contribution in [0.5, 0.6) is 40.2 Å². The average molecular weight is 951 g/mol. The SMILES string of the molecule is c1ccc(COc2cc(COc3cc(COc4cc5ccc4CCc4ccc(cc4)CC5)cc(OCc4cc(OCc5ccccc5)cc(OCc5ccccc5)c4)c3)cc(OCc3ccccc3)c2)cc1. The molecule has 0 aliphatic heterocycles. The molecule has 4 bridgehead atoms. The fourth-order valence-corrected chi connectivity index (χ4v) is 8.64. The van der Waals surface area contributed by atoms with Crippen molar-refractivity contribution >= 4 is 0 Å². The Morgan fingerprint density at radius 3 is 0.847 bits per heavy atom. The van der Waals surface area contributed by atoms with Crippen molar-refractivity contribution in [1.82, 2.24) is 0 Å². The van der Waals surface area contributed by atoms with Gasteiger partial charge >= 0.3 is 0 Å². The first-order valence-corrected chi connectivity index (χ1v) is 24.7. The van der Waals surface area contributed by atoms with E-state index in [0.29, 0.717) is 67.5 Å². The summed E-state index contributed by atoms with van der Waals surface area (Å²) in [5, 5.41) is 0. The molecular formula is C65H58O7. The molecule has 0 atom stereocenters.